The molecule has 0 aromatic heterocycles. The molecule has 0 amide bonds. The van der Waals surface area contributed by atoms with Crippen LogP contribution in [0.15, 0.2) is 12.1 Å². The highest BCUT2D eigenvalue weighted by Crippen LogP contribution is 2.40. The van der Waals surface area contributed by atoms with Crippen LogP contribution in [0.2, 0.25) is 0 Å². The first kappa shape index (κ1) is 12.7. The van der Waals surface area contributed by atoms with Gasteiger partial charge < -0.3 is 19.7 Å². The summed E-state index contributed by atoms with van der Waals surface area (Å²) in [6.45, 7) is 0. The van der Waals surface area contributed by atoms with Crippen molar-refractivity contribution >= 4 is 5.97 Å². The summed E-state index contributed by atoms with van der Waals surface area (Å²) in [6.07, 6.45) is 1.95. The number of carboxylic acids is 1. The highest BCUT2D eigenvalue weighted by molar-refractivity contribution is 5.92. The molecule has 2 rings (SSSR count). The highest BCUT2D eigenvalue weighted by atomic mass is 16.5. The number of aromatic carboxylic acids is 1. The van der Waals surface area contributed by atoms with Crippen LogP contribution < -0.4 is 9.47 Å². The molecule has 0 atom stereocenters. The average molecular weight is 252 g/mol. The molecule has 0 bridgehead atoms. The number of rotatable bonds is 5. The zero-order chi connectivity index (χ0) is 13.3. The summed E-state index contributed by atoms with van der Waals surface area (Å²) in [6, 6.07) is 3.24. The number of ether oxygens (including phenoxy) is 2. The molecular weight excluding hydrogens is 236 g/mol. The molecule has 5 heteroatoms. The van der Waals surface area contributed by atoms with Crippen LogP contribution in [0.5, 0.6) is 11.5 Å². The minimum atomic E-state index is -1.07. The lowest BCUT2D eigenvalue weighted by molar-refractivity contribution is 0.0692. The highest BCUT2D eigenvalue weighted by Gasteiger charge is 2.40. The molecule has 2 N–H and O–H groups in total. The van der Waals surface area contributed by atoms with Crippen LogP contribution in [0, 0.1) is 0 Å². The Morgan fingerprint density at radius 2 is 2.00 bits per heavy atom. The monoisotopic (exact) mass is 252 g/mol. The number of hydrogen-bond donors (Lipinski definition) is 2. The van der Waals surface area contributed by atoms with E-state index < -0.39 is 11.6 Å². The molecule has 5 nitrogen and oxygen atoms in total. The molecule has 0 unspecified atom stereocenters. The molecule has 0 spiro atoms. The maximum atomic E-state index is 11.2. The van der Waals surface area contributed by atoms with Crippen molar-refractivity contribution in [3.63, 3.8) is 0 Å². The molecule has 1 aliphatic carbocycles. The fourth-order valence-corrected chi connectivity index (χ4v) is 1.98. The van der Waals surface area contributed by atoms with E-state index in [0.717, 1.165) is 18.4 Å². The number of hydrogen-bond acceptors (Lipinski definition) is 4. The van der Waals surface area contributed by atoms with Crippen LogP contribution in [0.25, 0.3) is 0 Å². The summed E-state index contributed by atoms with van der Waals surface area (Å²) < 4.78 is 10.2. The van der Waals surface area contributed by atoms with Gasteiger partial charge in [0.15, 0.2) is 11.5 Å². The van der Waals surface area contributed by atoms with Crippen molar-refractivity contribution in [2.24, 2.45) is 0 Å². The zero-order valence-corrected chi connectivity index (χ0v) is 10.4. The molecule has 0 radical (unpaired) electrons. The Morgan fingerprint density at radius 3 is 2.44 bits per heavy atom. The smallest absolute Gasteiger partial charge is 0.339 e. The molecule has 0 saturated heterocycles. The van der Waals surface area contributed by atoms with Crippen LogP contribution >= 0.6 is 0 Å². The van der Waals surface area contributed by atoms with Crippen molar-refractivity contribution in [1.82, 2.24) is 0 Å². The SMILES string of the molecule is COc1cc(CC2(O)CC2)cc(C(=O)O)c1OC. The van der Waals surface area contributed by atoms with E-state index >= 15 is 0 Å². The zero-order valence-electron chi connectivity index (χ0n) is 10.4. The van der Waals surface area contributed by atoms with Crippen molar-refractivity contribution in [2.75, 3.05) is 14.2 Å². The number of aliphatic hydroxyl groups is 1. The van der Waals surface area contributed by atoms with E-state index in [1.807, 2.05) is 0 Å². The molecule has 1 aromatic carbocycles. The third-order valence-corrected chi connectivity index (χ3v) is 3.13. The van der Waals surface area contributed by atoms with E-state index in [0.29, 0.717) is 12.2 Å². The van der Waals surface area contributed by atoms with Gasteiger partial charge in [-0.25, -0.2) is 4.79 Å². The summed E-state index contributed by atoms with van der Waals surface area (Å²) in [4.78, 5) is 11.2. The molecule has 98 valence electrons. The third-order valence-electron chi connectivity index (χ3n) is 3.13. The van der Waals surface area contributed by atoms with Crippen molar-refractivity contribution in [3.05, 3.63) is 23.3 Å². The molecule has 0 heterocycles. The van der Waals surface area contributed by atoms with Crippen molar-refractivity contribution < 1.29 is 24.5 Å². The Hall–Kier alpha value is -1.75. The normalized spacial score (nSPS) is 16.2. The van der Waals surface area contributed by atoms with Crippen LogP contribution in [0.4, 0.5) is 0 Å². The van der Waals surface area contributed by atoms with Gasteiger partial charge in [-0.15, -0.1) is 0 Å². The second-order valence-electron chi connectivity index (χ2n) is 4.59. The largest absolute Gasteiger partial charge is 0.493 e. The molecule has 0 aliphatic heterocycles. The molecular formula is C13H16O5. The van der Waals surface area contributed by atoms with Gasteiger partial charge in [0.1, 0.15) is 5.56 Å². The van der Waals surface area contributed by atoms with Gasteiger partial charge in [0.25, 0.3) is 0 Å². The Balaban J connectivity index is 2.42. The first-order valence-corrected chi connectivity index (χ1v) is 5.69. The number of carbonyl (C=O) groups is 1. The molecule has 1 fully saturated rings. The summed E-state index contributed by atoms with van der Waals surface area (Å²) in [5, 5.41) is 19.0. The van der Waals surface area contributed by atoms with Gasteiger partial charge in [-0.2, -0.15) is 0 Å². The maximum absolute atomic E-state index is 11.2. The lowest BCUT2D eigenvalue weighted by Gasteiger charge is -2.14. The van der Waals surface area contributed by atoms with Gasteiger partial charge in [-0.3, -0.25) is 0 Å². The van der Waals surface area contributed by atoms with Gasteiger partial charge in [0, 0.05) is 6.42 Å². The summed E-state index contributed by atoms with van der Waals surface area (Å²) in [5.41, 5.74) is 0.121. The first-order chi connectivity index (χ1) is 8.49. The van der Waals surface area contributed by atoms with Gasteiger partial charge in [0.2, 0.25) is 0 Å². The minimum absolute atomic E-state index is 0.0519. The maximum Gasteiger partial charge on any atom is 0.339 e. The second-order valence-corrected chi connectivity index (χ2v) is 4.59. The number of carboxylic acid groups (broad SMARTS) is 1. The van der Waals surface area contributed by atoms with Gasteiger partial charge >= 0.3 is 5.97 Å². The molecule has 18 heavy (non-hydrogen) atoms. The van der Waals surface area contributed by atoms with E-state index in [1.165, 1.54) is 20.3 Å². The fourth-order valence-electron chi connectivity index (χ4n) is 1.98. The van der Waals surface area contributed by atoms with Crippen LogP contribution in [-0.4, -0.2) is 36.0 Å². The number of methoxy groups -OCH3 is 2. The third kappa shape index (κ3) is 2.41. The Bertz CT molecular complexity index is 477. The summed E-state index contributed by atoms with van der Waals surface area (Å²) >= 11 is 0. The first-order valence-electron chi connectivity index (χ1n) is 5.69. The van der Waals surface area contributed by atoms with Crippen LogP contribution in [-0.2, 0) is 6.42 Å². The molecule has 1 aromatic rings. The van der Waals surface area contributed by atoms with E-state index in [4.69, 9.17) is 14.6 Å². The van der Waals surface area contributed by atoms with Gasteiger partial charge in [-0.1, -0.05) is 0 Å². The lowest BCUT2D eigenvalue weighted by atomic mass is 10.0. The predicted octanol–water partition coefficient (Wildman–Crippen LogP) is 1.47. The van der Waals surface area contributed by atoms with Gasteiger partial charge in [-0.05, 0) is 30.5 Å². The minimum Gasteiger partial charge on any atom is -0.493 e. The van der Waals surface area contributed by atoms with Crippen molar-refractivity contribution in [3.8, 4) is 11.5 Å². The van der Waals surface area contributed by atoms with Crippen molar-refractivity contribution in [1.29, 1.82) is 0 Å². The Kier molecular flexibility index (Phi) is 3.17. The van der Waals surface area contributed by atoms with Gasteiger partial charge in [0.05, 0.1) is 19.8 Å². The standard InChI is InChI=1S/C13H16O5/c1-17-10-6-8(7-13(16)3-4-13)5-9(12(14)15)11(10)18-2/h5-6,16H,3-4,7H2,1-2H3,(H,14,15). The predicted molar refractivity (Wildman–Crippen MR) is 64.4 cm³/mol. The van der Waals surface area contributed by atoms with E-state index in [1.54, 1.807) is 6.07 Å². The lowest BCUT2D eigenvalue weighted by Crippen LogP contribution is -2.12. The Morgan fingerprint density at radius 1 is 1.33 bits per heavy atom. The summed E-state index contributed by atoms with van der Waals surface area (Å²) in [5.74, 6) is -0.497. The van der Waals surface area contributed by atoms with Crippen LogP contribution in [0.1, 0.15) is 28.8 Å². The van der Waals surface area contributed by atoms with Crippen molar-refractivity contribution in [2.45, 2.75) is 24.9 Å². The molecule has 1 aliphatic rings. The second kappa shape index (κ2) is 4.49. The van der Waals surface area contributed by atoms with E-state index in [2.05, 4.69) is 0 Å². The molecule has 1 saturated carbocycles. The quantitative estimate of drug-likeness (QED) is 0.830. The van der Waals surface area contributed by atoms with E-state index in [-0.39, 0.29) is 11.3 Å². The average Bonchev–Trinajstić information content (AvgIpc) is 3.05. The van der Waals surface area contributed by atoms with E-state index in [9.17, 15) is 9.90 Å². The Labute approximate surface area is 105 Å². The summed E-state index contributed by atoms with van der Waals surface area (Å²) in [7, 11) is 2.86. The fraction of sp³-hybridized carbons (Fsp3) is 0.462. The van der Waals surface area contributed by atoms with Crippen LogP contribution in [0.3, 0.4) is 0 Å². The number of benzene rings is 1. The topological polar surface area (TPSA) is 76.0 Å².